The number of nitrogens with zero attached hydrogens (tertiary/aromatic N) is 1. The summed E-state index contributed by atoms with van der Waals surface area (Å²) >= 11 is 0. The van der Waals surface area contributed by atoms with E-state index in [0.29, 0.717) is 0 Å². The van der Waals surface area contributed by atoms with Crippen LogP contribution in [0, 0.1) is 0 Å². The van der Waals surface area contributed by atoms with Crippen molar-refractivity contribution in [2.45, 2.75) is 55.0 Å². The Hall–Kier alpha value is -0.960. The number of benzene rings is 1. The molecule has 0 aliphatic carbocycles. The van der Waals surface area contributed by atoms with Crippen LogP contribution in [-0.4, -0.2) is 33.2 Å². The first-order valence-corrected chi connectivity index (χ1v) is 9.79. The first kappa shape index (κ1) is 16.4. The number of hydrogen-bond donors (Lipinski definition) is 1. The second kappa shape index (κ2) is 5.68. The highest BCUT2D eigenvalue weighted by Gasteiger charge is 2.35. The zero-order chi connectivity index (χ0) is 15.8. The van der Waals surface area contributed by atoms with Crippen molar-refractivity contribution in [2.75, 3.05) is 0 Å². The molecule has 0 saturated carbocycles. The molecule has 8 heteroatoms. The zero-order valence-corrected chi connectivity index (χ0v) is 13.7. The van der Waals surface area contributed by atoms with Crippen LogP contribution in [0.2, 0.25) is 0 Å². The van der Waals surface area contributed by atoms with E-state index in [1.807, 2.05) is 13.8 Å². The van der Waals surface area contributed by atoms with E-state index in [1.165, 1.54) is 28.6 Å². The summed E-state index contributed by atoms with van der Waals surface area (Å²) in [6, 6.07) is 4.92. The third-order valence-corrected chi connectivity index (χ3v) is 6.91. The molecule has 1 aliphatic heterocycles. The SMILES string of the molecule is CC1CCCC(C)N1S(=O)(=O)c1ccc(S(N)(=O)=O)cc1. The standard InChI is InChI=1S/C13H20N2O4S2/c1-10-4-3-5-11(2)15(10)21(18,19)13-8-6-12(7-9-13)20(14,16)17/h6-11H,3-5H2,1-2H3,(H2,14,16,17). The summed E-state index contributed by atoms with van der Waals surface area (Å²) < 4.78 is 49.4. The van der Waals surface area contributed by atoms with Gasteiger partial charge in [-0.3, -0.25) is 0 Å². The first-order valence-electron chi connectivity index (χ1n) is 6.80. The molecule has 0 bridgehead atoms. The van der Waals surface area contributed by atoms with Gasteiger partial charge in [0.1, 0.15) is 0 Å². The molecular weight excluding hydrogens is 312 g/mol. The number of sulfonamides is 2. The summed E-state index contributed by atoms with van der Waals surface area (Å²) in [5.41, 5.74) is 0. The lowest BCUT2D eigenvalue weighted by atomic mass is 10.0. The first-order chi connectivity index (χ1) is 9.64. The Morgan fingerprint density at radius 1 is 0.952 bits per heavy atom. The van der Waals surface area contributed by atoms with E-state index in [0.717, 1.165) is 19.3 Å². The average Bonchev–Trinajstić information content (AvgIpc) is 2.37. The maximum absolute atomic E-state index is 12.7. The van der Waals surface area contributed by atoms with Crippen molar-refractivity contribution in [2.24, 2.45) is 5.14 Å². The van der Waals surface area contributed by atoms with E-state index < -0.39 is 20.0 Å². The van der Waals surface area contributed by atoms with Gasteiger partial charge in [0.25, 0.3) is 0 Å². The molecule has 1 aliphatic rings. The Morgan fingerprint density at radius 2 is 1.38 bits per heavy atom. The lowest BCUT2D eigenvalue weighted by molar-refractivity contribution is 0.204. The molecule has 118 valence electrons. The van der Waals surface area contributed by atoms with E-state index in [-0.39, 0.29) is 21.9 Å². The van der Waals surface area contributed by atoms with E-state index >= 15 is 0 Å². The van der Waals surface area contributed by atoms with E-state index in [2.05, 4.69) is 0 Å². The highest BCUT2D eigenvalue weighted by atomic mass is 32.2. The van der Waals surface area contributed by atoms with Gasteiger partial charge in [0.2, 0.25) is 20.0 Å². The fourth-order valence-corrected chi connectivity index (χ4v) is 5.19. The summed E-state index contributed by atoms with van der Waals surface area (Å²) in [5.74, 6) is 0. The minimum Gasteiger partial charge on any atom is -0.225 e. The Balaban J connectivity index is 2.40. The Kier molecular flexibility index (Phi) is 4.44. The smallest absolute Gasteiger partial charge is 0.225 e. The lowest BCUT2D eigenvalue weighted by Gasteiger charge is -2.37. The third-order valence-electron chi connectivity index (χ3n) is 3.84. The van der Waals surface area contributed by atoms with E-state index in [9.17, 15) is 16.8 Å². The van der Waals surface area contributed by atoms with Gasteiger partial charge >= 0.3 is 0 Å². The highest BCUT2D eigenvalue weighted by Crippen LogP contribution is 2.29. The van der Waals surface area contributed by atoms with Crippen molar-refractivity contribution in [3.8, 4) is 0 Å². The molecule has 1 saturated heterocycles. The van der Waals surface area contributed by atoms with Gasteiger partial charge in [-0.05, 0) is 51.0 Å². The lowest BCUT2D eigenvalue weighted by Crippen LogP contribution is -2.47. The van der Waals surface area contributed by atoms with Crippen LogP contribution >= 0.6 is 0 Å². The zero-order valence-electron chi connectivity index (χ0n) is 12.1. The Labute approximate surface area is 126 Å². The topological polar surface area (TPSA) is 97.5 Å². The molecule has 0 aromatic heterocycles. The van der Waals surface area contributed by atoms with Crippen molar-refractivity contribution >= 4 is 20.0 Å². The summed E-state index contributed by atoms with van der Waals surface area (Å²) in [5, 5.41) is 5.02. The molecule has 2 atom stereocenters. The normalized spacial score (nSPS) is 24.9. The van der Waals surface area contributed by atoms with Crippen molar-refractivity contribution in [3.05, 3.63) is 24.3 Å². The molecule has 6 nitrogen and oxygen atoms in total. The molecule has 2 rings (SSSR count). The monoisotopic (exact) mass is 332 g/mol. The minimum atomic E-state index is -3.82. The predicted octanol–water partition coefficient (Wildman–Crippen LogP) is 1.29. The number of hydrogen-bond acceptors (Lipinski definition) is 4. The van der Waals surface area contributed by atoms with Crippen molar-refractivity contribution < 1.29 is 16.8 Å². The molecular formula is C13H20N2O4S2. The average molecular weight is 332 g/mol. The van der Waals surface area contributed by atoms with Gasteiger partial charge in [0.15, 0.2) is 0 Å². The van der Waals surface area contributed by atoms with Gasteiger partial charge < -0.3 is 0 Å². The summed E-state index contributed by atoms with van der Waals surface area (Å²) in [6.07, 6.45) is 2.68. The molecule has 2 unspecified atom stereocenters. The fraction of sp³-hybridized carbons (Fsp3) is 0.538. The second-order valence-corrected chi connectivity index (χ2v) is 8.88. The molecule has 1 aromatic carbocycles. The van der Waals surface area contributed by atoms with Crippen LogP contribution < -0.4 is 5.14 Å². The quantitative estimate of drug-likeness (QED) is 0.901. The summed E-state index contributed by atoms with van der Waals surface area (Å²) in [6.45, 7) is 3.79. The fourth-order valence-electron chi connectivity index (χ4n) is 2.79. The van der Waals surface area contributed by atoms with Gasteiger partial charge in [-0.25, -0.2) is 22.0 Å². The number of nitrogens with two attached hydrogens (primary N) is 1. The van der Waals surface area contributed by atoms with Crippen LogP contribution in [0.1, 0.15) is 33.1 Å². The van der Waals surface area contributed by atoms with Crippen LogP contribution in [0.3, 0.4) is 0 Å². The summed E-state index contributed by atoms with van der Waals surface area (Å²) in [7, 11) is -7.44. The second-order valence-electron chi connectivity index (χ2n) is 5.48. The molecule has 1 heterocycles. The molecule has 1 fully saturated rings. The van der Waals surface area contributed by atoms with Crippen LogP contribution in [-0.2, 0) is 20.0 Å². The molecule has 21 heavy (non-hydrogen) atoms. The molecule has 2 N–H and O–H groups in total. The molecule has 1 aromatic rings. The maximum atomic E-state index is 12.7. The van der Waals surface area contributed by atoms with Crippen molar-refractivity contribution in [1.82, 2.24) is 4.31 Å². The largest absolute Gasteiger partial charge is 0.243 e. The minimum absolute atomic E-state index is 0.0586. The van der Waals surface area contributed by atoms with Gasteiger partial charge in [-0.1, -0.05) is 6.42 Å². The van der Waals surface area contributed by atoms with Crippen molar-refractivity contribution in [1.29, 1.82) is 0 Å². The van der Waals surface area contributed by atoms with Crippen LogP contribution in [0.4, 0.5) is 0 Å². The third kappa shape index (κ3) is 3.28. The molecule has 0 radical (unpaired) electrons. The number of piperidine rings is 1. The van der Waals surface area contributed by atoms with Gasteiger partial charge in [0, 0.05) is 12.1 Å². The van der Waals surface area contributed by atoms with Gasteiger partial charge in [0.05, 0.1) is 9.79 Å². The van der Waals surface area contributed by atoms with E-state index in [1.54, 1.807) is 0 Å². The van der Waals surface area contributed by atoms with Gasteiger partial charge in [-0.2, -0.15) is 4.31 Å². The van der Waals surface area contributed by atoms with Gasteiger partial charge in [-0.15, -0.1) is 0 Å². The maximum Gasteiger partial charge on any atom is 0.243 e. The van der Waals surface area contributed by atoms with Crippen LogP contribution in [0.5, 0.6) is 0 Å². The predicted molar refractivity (Wildman–Crippen MR) is 79.6 cm³/mol. The number of primary sulfonamides is 1. The van der Waals surface area contributed by atoms with Crippen LogP contribution in [0.25, 0.3) is 0 Å². The van der Waals surface area contributed by atoms with Crippen molar-refractivity contribution in [3.63, 3.8) is 0 Å². The summed E-state index contributed by atoms with van der Waals surface area (Å²) in [4.78, 5) is -0.00306. The Bertz CT molecular complexity index is 701. The number of rotatable bonds is 3. The molecule has 0 spiro atoms. The highest BCUT2D eigenvalue weighted by molar-refractivity contribution is 7.89. The Morgan fingerprint density at radius 3 is 1.81 bits per heavy atom. The van der Waals surface area contributed by atoms with Crippen LogP contribution in [0.15, 0.2) is 34.1 Å². The molecule has 0 amide bonds. The van der Waals surface area contributed by atoms with E-state index in [4.69, 9.17) is 5.14 Å².